The highest BCUT2D eigenvalue weighted by Gasteiger charge is 2.06. The lowest BCUT2D eigenvalue weighted by molar-refractivity contribution is 0.572. The summed E-state index contributed by atoms with van der Waals surface area (Å²) in [6.45, 7) is 6.29. The molecule has 6 nitrogen and oxygen atoms in total. The van der Waals surface area contributed by atoms with Gasteiger partial charge in [0.1, 0.15) is 11.4 Å². The number of halogens is 1. The first-order valence-electron chi connectivity index (χ1n) is 9.78. The summed E-state index contributed by atoms with van der Waals surface area (Å²) < 4.78 is 5.61. The molecule has 0 unspecified atom stereocenters. The number of oxazole rings is 1. The molecule has 0 radical (unpaired) electrons. The SMILES string of the molecule is CCNC(=NCCc1coc(-c2ccc(C)cc2)n1)NCCc1ccc(Cl)nc1. The molecule has 152 valence electrons. The van der Waals surface area contributed by atoms with Crippen molar-refractivity contribution < 1.29 is 4.42 Å². The molecule has 3 aromatic rings. The second-order valence-corrected chi connectivity index (χ2v) is 7.07. The number of pyridine rings is 1. The van der Waals surface area contributed by atoms with E-state index in [2.05, 4.69) is 44.7 Å². The molecule has 0 aliphatic carbocycles. The van der Waals surface area contributed by atoms with Crippen LogP contribution in [0.25, 0.3) is 11.5 Å². The summed E-state index contributed by atoms with van der Waals surface area (Å²) in [6, 6.07) is 11.9. The van der Waals surface area contributed by atoms with Crippen molar-refractivity contribution in [2.75, 3.05) is 19.6 Å². The zero-order valence-corrected chi connectivity index (χ0v) is 17.5. The molecule has 0 bridgehead atoms. The Morgan fingerprint density at radius 1 is 1.10 bits per heavy atom. The number of aliphatic imine (C=N–C) groups is 1. The van der Waals surface area contributed by atoms with E-state index in [0.29, 0.717) is 24.0 Å². The van der Waals surface area contributed by atoms with Crippen LogP contribution in [0.15, 0.2) is 58.3 Å². The Bertz CT molecular complexity index is 919. The van der Waals surface area contributed by atoms with Crippen molar-refractivity contribution in [2.24, 2.45) is 4.99 Å². The van der Waals surface area contributed by atoms with Crippen molar-refractivity contribution in [1.29, 1.82) is 0 Å². The molecule has 0 spiro atoms. The van der Waals surface area contributed by atoms with Crippen LogP contribution in [0.4, 0.5) is 0 Å². The second kappa shape index (κ2) is 10.6. The molecule has 7 heteroatoms. The number of hydrogen-bond donors (Lipinski definition) is 2. The summed E-state index contributed by atoms with van der Waals surface area (Å²) in [6.07, 6.45) is 5.06. The molecule has 1 aromatic carbocycles. The first kappa shape index (κ1) is 20.9. The van der Waals surface area contributed by atoms with Gasteiger partial charge in [0.2, 0.25) is 5.89 Å². The highest BCUT2D eigenvalue weighted by Crippen LogP contribution is 2.19. The number of aryl methyl sites for hydroxylation is 1. The summed E-state index contributed by atoms with van der Waals surface area (Å²) >= 11 is 5.82. The monoisotopic (exact) mass is 411 g/mol. The van der Waals surface area contributed by atoms with Crippen molar-refractivity contribution in [3.05, 3.63) is 70.8 Å². The van der Waals surface area contributed by atoms with Crippen LogP contribution >= 0.6 is 11.6 Å². The summed E-state index contributed by atoms with van der Waals surface area (Å²) in [5.41, 5.74) is 4.22. The van der Waals surface area contributed by atoms with Gasteiger partial charge in [0.25, 0.3) is 0 Å². The first-order valence-corrected chi connectivity index (χ1v) is 10.2. The molecule has 0 saturated carbocycles. The molecular weight excluding hydrogens is 386 g/mol. The smallest absolute Gasteiger partial charge is 0.226 e. The average molecular weight is 412 g/mol. The maximum Gasteiger partial charge on any atom is 0.226 e. The van der Waals surface area contributed by atoms with Crippen molar-refractivity contribution in [3.63, 3.8) is 0 Å². The zero-order valence-electron chi connectivity index (χ0n) is 16.8. The predicted molar refractivity (Wildman–Crippen MR) is 117 cm³/mol. The number of aromatic nitrogens is 2. The van der Waals surface area contributed by atoms with Gasteiger partial charge in [-0.25, -0.2) is 9.97 Å². The van der Waals surface area contributed by atoms with Crippen LogP contribution in [0, 0.1) is 6.92 Å². The van der Waals surface area contributed by atoms with Gasteiger partial charge in [-0.15, -0.1) is 0 Å². The number of hydrogen-bond acceptors (Lipinski definition) is 4. The number of nitrogens with zero attached hydrogens (tertiary/aromatic N) is 3. The van der Waals surface area contributed by atoms with E-state index < -0.39 is 0 Å². The normalized spacial score (nSPS) is 11.5. The molecule has 0 amide bonds. The van der Waals surface area contributed by atoms with Crippen molar-refractivity contribution in [2.45, 2.75) is 26.7 Å². The first-order chi connectivity index (χ1) is 14.1. The Morgan fingerprint density at radius 3 is 2.66 bits per heavy atom. The fourth-order valence-corrected chi connectivity index (χ4v) is 2.87. The maximum atomic E-state index is 5.82. The van der Waals surface area contributed by atoms with Gasteiger partial charge in [-0.3, -0.25) is 4.99 Å². The average Bonchev–Trinajstić information content (AvgIpc) is 3.19. The van der Waals surface area contributed by atoms with Gasteiger partial charge in [-0.1, -0.05) is 35.4 Å². The maximum absolute atomic E-state index is 5.82. The van der Waals surface area contributed by atoms with E-state index in [4.69, 9.17) is 16.0 Å². The number of guanidine groups is 1. The largest absolute Gasteiger partial charge is 0.444 e. The Hall–Kier alpha value is -2.86. The van der Waals surface area contributed by atoms with Crippen LogP contribution < -0.4 is 10.6 Å². The van der Waals surface area contributed by atoms with Crippen LogP contribution in [0.5, 0.6) is 0 Å². The van der Waals surface area contributed by atoms with Crippen LogP contribution in [-0.4, -0.2) is 35.6 Å². The van der Waals surface area contributed by atoms with E-state index in [-0.39, 0.29) is 0 Å². The summed E-state index contributed by atoms with van der Waals surface area (Å²) in [5, 5.41) is 7.11. The van der Waals surface area contributed by atoms with E-state index >= 15 is 0 Å². The molecule has 0 fully saturated rings. The van der Waals surface area contributed by atoms with Gasteiger partial charge in [-0.2, -0.15) is 0 Å². The second-order valence-electron chi connectivity index (χ2n) is 6.69. The molecule has 0 atom stereocenters. The molecule has 2 heterocycles. The molecule has 0 aliphatic heterocycles. The fourth-order valence-electron chi connectivity index (χ4n) is 2.75. The van der Waals surface area contributed by atoms with Gasteiger partial charge >= 0.3 is 0 Å². The molecule has 0 aliphatic rings. The fraction of sp³-hybridized carbons (Fsp3) is 0.318. The van der Waals surface area contributed by atoms with E-state index in [1.165, 1.54) is 5.56 Å². The van der Waals surface area contributed by atoms with Gasteiger partial charge in [0.05, 0.1) is 5.69 Å². The van der Waals surface area contributed by atoms with E-state index in [0.717, 1.165) is 42.3 Å². The third-order valence-corrected chi connectivity index (χ3v) is 4.55. The molecule has 29 heavy (non-hydrogen) atoms. The van der Waals surface area contributed by atoms with E-state index in [1.54, 1.807) is 18.5 Å². The quantitative estimate of drug-likeness (QED) is 0.332. The van der Waals surface area contributed by atoms with Crippen LogP contribution in [0.3, 0.4) is 0 Å². The van der Waals surface area contributed by atoms with Crippen molar-refractivity contribution >= 4 is 17.6 Å². The van der Waals surface area contributed by atoms with Crippen LogP contribution in [0.2, 0.25) is 5.15 Å². The number of nitrogens with one attached hydrogen (secondary N) is 2. The van der Waals surface area contributed by atoms with E-state index in [1.807, 2.05) is 25.1 Å². The standard InChI is InChI=1S/C22H26ClN5O/c1-3-24-22(25-12-10-17-6-9-20(23)27-14-17)26-13-11-19-15-29-21(28-19)18-7-4-16(2)5-8-18/h4-9,14-15H,3,10-13H2,1-2H3,(H2,24,25,26). The minimum Gasteiger partial charge on any atom is -0.444 e. The minimum absolute atomic E-state index is 0.509. The highest BCUT2D eigenvalue weighted by molar-refractivity contribution is 6.29. The third-order valence-electron chi connectivity index (χ3n) is 4.33. The third kappa shape index (κ3) is 6.61. The van der Waals surface area contributed by atoms with Crippen LogP contribution in [0.1, 0.15) is 23.7 Å². The van der Waals surface area contributed by atoms with Gasteiger partial charge in [0, 0.05) is 37.8 Å². The van der Waals surface area contributed by atoms with Gasteiger partial charge < -0.3 is 15.1 Å². The zero-order chi connectivity index (χ0) is 20.5. The Labute approximate surface area is 176 Å². The minimum atomic E-state index is 0.509. The topological polar surface area (TPSA) is 75.3 Å². The lowest BCUT2D eigenvalue weighted by atomic mass is 10.1. The summed E-state index contributed by atoms with van der Waals surface area (Å²) in [5.74, 6) is 1.43. The molecule has 2 N–H and O–H groups in total. The lowest BCUT2D eigenvalue weighted by Crippen LogP contribution is -2.38. The Morgan fingerprint density at radius 2 is 1.93 bits per heavy atom. The van der Waals surface area contributed by atoms with E-state index in [9.17, 15) is 0 Å². The van der Waals surface area contributed by atoms with Crippen molar-refractivity contribution in [3.8, 4) is 11.5 Å². The Balaban J connectivity index is 1.49. The molecule has 3 rings (SSSR count). The summed E-state index contributed by atoms with van der Waals surface area (Å²) in [4.78, 5) is 13.3. The Kier molecular flexibility index (Phi) is 7.64. The van der Waals surface area contributed by atoms with Gasteiger partial charge in [-0.05, 0) is 44.0 Å². The van der Waals surface area contributed by atoms with Gasteiger partial charge in [0.15, 0.2) is 5.96 Å². The summed E-state index contributed by atoms with van der Waals surface area (Å²) in [7, 11) is 0. The van der Waals surface area contributed by atoms with Crippen molar-refractivity contribution in [1.82, 2.24) is 20.6 Å². The molecular formula is C22H26ClN5O. The predicted octanol–water partition coefficient (Wildman–Crippen LogP) is 4.04. The molecule has 2 aromatic heterocycles. The molecule has 0 saturated heterocycles. The number of rotatable bonds is 8. The highest BCUT2D eigenvalue weighted by atomic mass is 35.5. The van der Waals surface area contributed by atoms with Crippen LogP contribution in [-0.2, 0) is 12.8 Å². The lowest BCUT2D eigenvalue weighted by Gasteiger charge is -2.11. The number of benzene rings is 1.